The van der Waals surface area contributed by atoms with Crippen molar-refractivity contribution in [1.82, 2.24) is 15.6 Å². The number of hydrogen-bond acceptors (Lipinski definition) is 4. The summed E-state index contributed by atoms with van der Waals surface area (Å²) in [5.41, 5.74) is 1.58. The first kappa shape index (κ1) is 18.4. The van der Waals surface area contributed by atoms with E-state index in [-0.39, 0.29) is 23.6 Å². The van der Waals surface area contributed by atoms with Crippen LogP contribution < -0.4 is 15.4 Å². The van der Waals surface area contributed by atoms with Crippen LogP contribution in [0.1, 0.15) is 46.7 Å². The summed E-state index contributed by atoms with van der Waals surface area (Å²) in [6.45, 7) is 4.30. The van der Waals surface area contributed by atoms with Gasteiger partial charge in [-0.15, -0.1) is 0 Å². The van der Waals surface area contributed by atoms with Crippen molar-refractivity contribution in [3.63, 3.8) is 0 Å². The van der Waals surface area contributed by atoms with E-state index in [2.05, 4.69) is 15.6 Å². The molecule has 0 spiro atoms. The third-order valence-electron chi connectivity index (χ3n) is 3.86. The van der Waals surface area contributed by atoms with Gasteiger partial charge in [0, 0.05) is 24.3 Å². The molecule has 2 N–H and O–H groups in total. The molecule has 6 heteroatoms. The minimum Gasteiger partial charge on any atom is -0.497 e. The number of pyridine rings is 1. The van der Waals surface area contributed by atoms with E-state index in [9.17, 15) is 9.59 Å². The predicted molar refractivity (Wildman–Crippen MR) is 95.6 cm³/mol. The average Bonchev–Trinajstić information content (AvgIpc) is 2.66. The predicted octanol–water partition coefficient (Wildman–Crippen LogP) is 2.55. The van der Waals surface area contributed by atoms with Crippen molar-refractivity contribution < 1.29 is 14.3 Å². The standard InChI is InChI=1S/C19H23N3O3/c1-4-13(2)22-18(23)15-9-10-20-17(11-15)19(24)21-12-14-5-7-16(25-3)8-6-14/h5-11,13H,4,12H2,1-3H3,(H,21,24)(H,22,23). The summed E-state index contributed by atoms with van der Waals surface area (Å²) in [7, 11) is 1.60. The van der Waals surface area contributed by atoms with Crippen LogP contribution in [-0.2, 0) is 6.54 Å². The number of rotatable bonds is 7. The summed E-state index contributed by atoms with van der Waals surface area (Å²) >= 11 is 0. The lowest BCUT2D eigenvalue weighted by atomic mass is 10.1. The number of nitrogens with one attached hydrogen (secondary N) is 2. The highest BCUT2D eigenvalue weighted by Gasteiger charge is 2.13. The van der Waals surface area contributed by atoms with Crippen LogP contribution in [0.2, 0.25) is 0 Å². The molecule has 2 aromatic rings. The number of methoxy groups -OCH3 is 1. The van der Waals surface area contributed by atoms with Gasteiger partial charge in [-0.1, -0.05) is 19.1 Å². The molecule has 0 fully saturated rings. The second kappa shape index (κ2) is 8.82. The van der Waals surface area contributed by atoms with Crippen LogP contribution in [0, 0.1) is 0 Å². The maximum absolute atomic E-state index is 12.3. The summed E-state index contributed by atoms with van der Waals surface area (Å²) < 4.78 is 5.10. The zero-order valence-electron chi connectivity index (χ0n) is 14.7. The zero-order chi connectivity index (χ0) is 18.2. The van der Waals surface area contributed by atoms with Crippen LogP contribution in [-0.4, -0.2) is 29.9 Å². The number of amides is 2. The molecule has 0 radical (unpaired) electrons. The number of carbonyl (C=O) groups is 2. The number of hydrogen-bond donors (Lipinski definition) is 2. The van der Waals surface area contributed by atoms with Crippen molar-refractivity contribution in [3.05, 3.63) is 59.4 Å². The molecule has 1 aromatic carbocycles. The Labute approximate surface area is 147 Å². The van der Waals surface area contributed by atoms with Gasteiger partial charge >= 0.3 is 0 Å². The van der Waals surface area contributed by atoms with Crippen LogP contribution in [0.25, 0.3) is 0 Å². The summed E-state index contributed by atoms with van der Waals surface area (Å²) in [6, 6.07) is 10.6. The Morgan fingerprint density at radius 1 is 1.16 bits per heavy atom. The first-order chi connectivity index (χ1) is 12.0. The van der Waals surface area contributed by atoms with Crippen LogP contribution >= 0.6 is 0 Å². The minimum atomic E-state index is -0.325. The Balaban J connectivity index is 1.99. The molecule has 132 valence electrons. The fourth-order valence-corrected chi connectivity index (χ4v) is 2.12. The van der Waals surface area contributed by atoms with E-state index in [0.717, 1.165) is 17.7 Å². The highest BCUT2D eigenvalue weighted by molar-refractivity contribution is 5.98. The SMILES string of the molecule is CCC(C)NC(=O)c1ccnc(C(=O)NCc2ccc(OC)cc2)c1. The molecule has 1 aromatic heterocycles. The first-order valence-corrected chi connectivity index (χ1v) is 8.21. The number of nitrogens with zero attached hydrogens (tertiary/aromatic N) is 1. The number of ether oxygens (including phenoxy) is 1. The van der Waals surface area contributed by atoms with E-state index >= 15 is 0 Å². The Morgan fingerprint density at radius 2 is 1.88 bits per heavy atom. The largest absolute Gasteiger partial charge is 0.497 e. The van der Waals surface area contributed by atoms with Crippen LogP contribution in [0.15, 0.2) is 42.6 Å². The number of benzene rings is 1. The van der Waals surface area contributed by atoms with E-state index in [1.807, 2.05) is 38.1 Å². The van der Waals surface area contributed by atoms with Gasteiger partial charge in [-0.05, 0) is 43.2 Å². The second-order valence-electron chi connectivity index (χ2n) is 5.74. The molecule has 0 bridgehead atoms. The van der Waals surface area contributed by atoms with Crippen molar-refractivity contribution >= 4 is 11.8 Å². The lowest BCUT2D eigenvalue weighted by molar-refractivity contribution is 0.0939. The van der Waals surface area contributed by atoms with Gasteiger partial charge in [-0.2, -0.15) is 0 Å². The molecule has 1 atom stereocenters. The summed E-state index contributed by atoms with van der Waals surface area (Å²) in [5.74, 6) is 0.228. The average molecular weight is 341 g/mol. The Bertz CT molecular complexity index is 729. The van der Waals surface area contributed by atoms with E-state index in [1.165, 1.54) is 12.3 Å². The monoisotopic (exact) mass is 341 g/mol. The van der Waals surface area contributed by atoms with Gasteiger partial charge in [-0.3, -0.25) is 14.6 Å². The molecule has 6 nitrogen and oxygen atoms in total. The fourth-order valence-electron chi connectivity index (χ4n) is 2.12. The van der Waals surface area contributed by atoms with E-state index in [1.54, 1.807) is 13.2 Å². The van der Waals surface area contributed by atoms with Crippen molar-refractivity contribution in [2.75, 3.05) is 7.11 Å². The maximum atomic E-state index is 12.3. The van der Waals surface area contributed by atoms with Crippen molar-refractivity contribution in [3.8, 4) is 5.75 Å². The highest BCUT2D eigenvalue weighted by atomic mass is 16.5. The summed E-state index contributed by atoms with van der Waals surface area (Å²) in [5, 5.41) is 5.67. The molecule has 1 heterocycles. The zero-order valence-corrected chi connectivity index (χ0v) is 14.7. The molecule has 1 unspecified atom stereocenters. The molecule has 25 heavy (non-hydrogen) atoms. The number of aromatic nitrogens is 1. The summed E-state index contributed by atoms with van der Waals surface area (Å²) in [4.78, 5) is 28.5. The van der Waals surface area contributed by atoms with Gasteiger partial charge < -0.3 is 15.4 Å². The van der Waals surface area contributed by atoms with Gasteiger partial charge in [0.25, 0.3) is 11.8 Å². The maximum Gasteiger partial charge on any atom is 0.270 e. The Morgan fingerprint density at radius 3 is 2.52 bits per heavy atom. The molecular formula is C19H23N3O3. The topological polar surface area (TPSA) is 80.3 Å². The van der Waals surface area contributed by atoms with E-state index in [4.69, 9.17) is 4.74 Å². The fraction of sp³-hybridized carbons (Fsp3) is 0.316. The van der Waals surface area contributed by atoms with Crippen LogP contribution in [0.3, 0.4) is 0 Å². The molecule has 0 aliphatic heterocycles. The molecule has 2 amide bonds. The van der Waals surface area contributed by atoms with E-state index < -0.39 is 0 Å². The molecule has 2 rings (SSSR count). The van der Waals surface area contributed by atoms with Gasteiger partial charge in [0.15, 0.2) is 0 Å². The lowest BCUT2D eigenvalue weighted by Crippen LogP contribution is -2.32. The normalized spacial score (nSPS) is 11.5. The first-order valence-electron chi connectivity index (χ1n) is 8.21. The van der Waals surface area contributed by atoms with Crippen molar-refractivity contribution in [1.29, 1.82) is 0 Å². The van der Waals surface area contributed by atoms with Crippen LogP contribution in [0.5, 0.6) is 5.75 Å². The summed E-state index contributed by atoms with van der Waals surface area (Å²) in [6.07, 6.45) is 2.31. The molecule has 0 aliphatic carbocycles. The molecular weight excluding hydrogens is 318 g/mol. The Hall–Kier alpha value is -2.89. The van der Waals surface area contributed by atoms with Crippen LogP contribution in [0.4, 0.5) is 0 Å². The third kappa shape index (κ3) is 5.31. The lowest BCUT2D eigenvalue weighted by Gasteiger charge is -2.11. The second-order valence-corrected chi connectivity index (χ2v) is 5.74. The van der Waals surface area contributed by atoms with Gasteiger partial charge in [0.2, 0.25) is 0 Å². The van der Waals surface area contributed by atoms with Crippen molar-refractivity contribution in [2.45, 2.75) is 32.9 Å². The highest BCUT2D eigenvalue weighted by Crippen LogP contribution is 2.11. The van der Waals surface area contributed by atoms with Gasteiger partial charge in [0.05, 0.1) is 7.11 Å². The Kier molecular flexibility index (Phi) is 6.51. The smallest absolute Gasteiger partial charge is 0.270 e. The number of carbonyl (C=O) groups excluding carboxylic acids is 2. The quantitative estimate of drug-likeness (QED) is 0.811. The molecule has 0 saturated heterocycles. The molecule has 0 aliphatic rings. The van der Waals surface area contributed by atoms with Crippen molar-refractivity contribution in [2.24, 2.45) is 0 Å². The van der Waals surface area contributed by atoms with Gasteiger partial charge in [-0.25, -0.2) is 0 Å². The van der Waals surface area contributed by atoms with E-state index in [0.29, 0.717) is 12.1 Å². The minimum absolute atomic E-state index is 0.0769. The third-order valence-corrected chi connectivity index (χ3v) is 3.86. The van der Waals surface area contributed by atoms with Gasteiger partial charge in [0.1, 0.15) is 11.4 Å². The molecule has 0 saturated carbocycles.